The number of nitrogens with zero attached hydrogens (tertiary/aromatic N) is 2. The Labute approximate surface area is 128 Å². The SMILES string of the molecule is N#Cc1coc2cc(C(=O)NC3CC4CCN(C4)C3)ccc12. The lowest BCUT2D eigenvalue weighted by Crippen LogP contribution is -2.47. The van der Waals surface area contributed by atoms with E-state index >= 15 is 0 Å². The molecule has 2 aliphatic rings. The minimum atomic E-state index is -0.0655. The van der Waals surface area contributed by atoms with Crippen LogP contribution in [-0.2, 0) is 0 Å². The van der Waals surface area contributed by atoms with E-state index in [9.17, 15) is 4.79 Å². The number of fused-ring (bicyclic) bond motifs is 3. The van der Waals surface area contributed by atoms with Crippen LogP contribution in [0.2, 0.25) is 0 Å². The molecule has 5 nitrogen and oxygen atoms in total. The van der Waals surface area contributed by atoms with E-state index < -0.39 is 0 Å². The summed E-state index contributed by atoms with van der Waals surface area (Å²) in [5.74, 6) is 0.661. The molecule has 1 aromatic carbocycles. The Hall–Kier alpha value is -2.32. The summed E-state index contributed by atoms with van der Waals surface area (Å²) in [6, 6.07) is 7.56. The second kappa shape index (κ2) is 5.15. The van der Waals surface area contributed by atoms with Gasteiger partial charge >= 0.3 is 0 Å². The molecule has 1 amide bonds. The fourth-order valence-corrected chi connectivity index (χ4v) is 3.69. The predicted molar refractivity (Wildman–Crippen MR) is 81.3 cm³/mol. The smallest absolute Gasteiger partial charge is 0.251 e. The van der Waals surface area contributed by atoms with Crippen molar-refractivity contribution >= 4 is 16.9 Å². The van der Waals surface area contributed by atoms with Crippen LogP contribution in [0.1, 0.15) is 28.8 Å². The minimum Gasteiger partial charge on any atom is -0.463 e. The topological polar surface area (TPSA) is 69.3 Å². The van der Waals surface area contributed by atoms with Gasteiger partial charge in [-0.2, -0.15) is 5.26 Å². The van der Waals surface area contributed by atoms with Crippen molar-refractivity contribution in [2.75, 3.05) is 19.6 Å². The summed E-state index contributed by atoms with van der Waals surface area (Å²) in [5, 5.41) is 12.9. The maximum atomic E-state index is 12.4. The maximum Gasteiger partial charge on any atom is 0.251 e. The first kappa shape index (κ1) is 13.4. The highest BCUT2D eigenvalue weighted by atomic mass is 16.3. The highest BCUT2D eigenvalue weighted by molar-refractivity contribution is 5.98. The molecular formula is C17H17N3O2. The van der Waals surface area contributed by atoms with Crippen LogP contribution < -0.4 is 5.32 Å². The van der Waals surface area contributed by atoms with E-state index in [2.05, 4.69) is 16.3 Å². The molecule has 112 valence electrons. The number of carbonyl (C=O) groups is 1. The summed E-state index contributed by atoms with van der Waals surface area (Å²) >= 11 is 0. The first-order valence-electron chi connectivity index (χ1n) is 7.67. The number of amides is 1. The third-order valence-electron chi connectivity index (χ3n) is 4.76. The van der Waals surface area contributed by atoms with Gasteiger partial charge in [0.2, 0.25) is 0 Å². The molecular weight excluding hydrogens is 278 g/mol. The van der Waals surface area contributed by atoms with Crippen LogP contribution in [0.25, 0.3) is 11.0 Å². The van der Waals surface area contributed by atoms with Crippen molar-refractivity contribution in [3.05, 3.63) is 35.6 Å². The first-order valence-corrected chi connectivity index (χ1v) is 7.67. The molecule has 0 aliphatic carbocycles. The van der Waals surface area contributed by atoms with Gasteiger partial charge in [-0.05, 0) is 43.5 Å². The second-order valence-electron chi connectivity index (χ2n) is 6.29. The van der Waals surface area contributed by atoms with Gasteiger partial charge < -0.3 is 14.6 Å². The fraction of sp³-hybridized carbons (Fsp3) is 0.412. The highest BCUT2D eigenvalue weighted by Gasteiger charge is 2.33. The second-order valence-corrected chi connectivity index (χ2v) is 6.29. The molecule has 0 radical (unpaired) electrons. The van der Waals surface area contributed by atoms with Gasteiger partial charge in [0.25, 0.3) is 5.91 Å². The van der Waals surface area contributed by atoms with Gasteiger partial charge in [-0.1, -0.05) is 0 Å². The van der Waals surface area contributed by atoms with Gasteiger partial charge in [0, 0.05) is 30.1 Å². The molecule has 2 aromatic rings. The molecule has 1 aromatic heterocycles. The Morgan fingerprint density at radius 3 is 3.14 bits per heavy atom. The van der Waals surface area contributed by atoms with Crippen LogP contribution in [0.15, 0.2) is 28.9 Å². The summed E-state index contributed by atoms with van der Waals surface area (Å²) in [5.41, 5.74) is 1.66. The summed E-state index contributed by atoms with van der Waals surface area (Å²) < 4.78 is 5.35. The molecule has 5 heteroatoms. The minimum absolute atomic E-state index is 0.0655. The zero-order chi connectivity index (χ0) is 15.1. The van der Waals surface area contributed by atoms with Crippen molar-refractivity contribution in [3.8, 4) is 6.07 Å². The number of benzene rings is 1. The van der Waals surface area contributed by atoms with E-state index in [1.165, 1.54) is 19.2 Å². The Balaban J connectivity index is 1.52. The molecule has 2 bridgehead atoms. The molecule has 3 unspecified atom stereocenters. The van der Waals surface area contributed by atoms with E-state index in [-0.39, 0.29) is 11.9 Å². The zero-order valence-electron chi connectivity index (χ0n) is 12.2. The van der Waals surface area contributed by atoms with E-state index in [0.29, 0.717) is 16.7 Å². The molecule has 2 fully saturated rings. The van der Waals surface area contributed by atoms with Crippen molar-refractivity contribution < 1.29 is 9.21 Å². The molecule has 0 spiro atoms. The lowest BCUT2D eigenvalue weighted by Gasteiger charge is -2.30. The average molecular weight is 295 g/mol. The van der Waals surface area contributed by atoms with Crippen LogP contribution in [0, 0.1) is 17.2 Å². The lowest BCUT2D eigenvalue weighted by molar-refractivity contribution is 0.0909. The molecule has 2 saturated heterocycles. The average Bonchev–Trinajstić information content (AvgIpc) is 3.09. The number of carbonyl (C=O) groups excluding carboxylic acids is 1. The van der Waals surface area contributed by atoms with Crippen molar-refractivity contribution in [2.45, 2.75) is 18.9 Å². The van der Waals surface area contributed by atoms with Crippen molar-refractivity contribution in [1.29, 1.82) is 5.26 Å². The third kappa shape index (κ3) is 2.26. The summed E-state index contributed by atoms with van der Waals surface area (Å²) in [4.78, 5) is 14.9. The van der Waals surface area contributed by atoms with Crippen LogP contribution in [0.5, 0.6) is 0 Å². The number of furan rings is 1. The number of hydrogen-bond donors (Lipinski definition) is 1. The van der Waals surface area contributed by atoms with Gasteiger partial charge in [-0.15, -0.1) is 0 Å². The number of piperidine rings is 1. The Morgan fingerprint density at radius 1 is 1.41 bits per heavy atom. The third-order valence-corrected chi connectivity index (χ3v) is 4.76. The van der Waals surface area contributed by atoms with Crippen LogP contribution in [0.4, 0.5) is 0 Å². The van der Waals surface area contributed by atoms with Gasteiger partial charge in [-0.3, -0.25) is 4.79 Å². The van der Waals surface area contributed by atoms with Crippen molar-refractivity contribution in [3.63, 3.8) is 0 Å². The normalized spacial score (nSPS) is 26.8. The molecule has 0 saturated carbocycles. The number of nitrogens with one attached hydrogen (secondary N) is 1. The van der Waals surface area contributed by atoms with E-state index in [4.69, 9.17) is 9.68 Å². The van der Waals surface area contributed by atoms with Crippen LogP contribution in [-0.4, -0.2) is 36.5 Å². The largest absolute Gasteiger partial charge is 0.463 e. The highest BCUT2D eigenvalue weighted by Crippen LogP contribution is 2.27. The number of nitriles is 1. The lowest BCUT2D eigenvalue weighted by atomic mass is 9.96. The monoisotopic (exact) mass is 295 g/mol. The first-order chi connectivity index (χ1) is 10.7. The van der Waals surface area contributed by atoms with Crippen molar-refractivity contribution in [2.24, 2.45) is 5.92 Å². The standard InChI is InChI=1S/C17H17N3O2/c18-7-13-10-22-16-6-12(1-2-15(13)16)17(21)19-14-5-11-3-4-20(8-11)9-14/h1-2,6,10-11,14H,3-5,8-9H2,(H,19,21). The van der Waals surface area contributed by atoms with E-state index in [0.717, 1.165) is 30.8 Å². The number of rotatable bonds is 2. The Morgan fingerprint density at radius 2 is 2.32 bits per heavy atom. The van der Waals surface area contributed by atoms with Gasteiger partial charge in [0.15, 0.2) is 0 Å². The number of hydrogen-bond acceptors (Lipinski definition) is 4. The van der Waals surface area contributed by atoms with Crippen LogP contribution in [0.3, 0.4) is 0 Å². The summed E-state index contributed by atoms with van der Waals surface area (Å²) in [6.45, 7) is 3.29. The van der Waals surface area contributed by atoms with Crippen LogP contribution >= 0.6 is 0 Å². The molecule has 4 rings (SSSR count). The summed E-state index contributed by atoms with van der Waals surface area (Å²) in [6.07, 6.45) is 3.75. The molecule has 3 heterocycles. The summed E-state index contributed by atoms with van der Waals surface area (Å²) in [7, 11) is 0. The maximum absolute atomic E-state index is 12.4. The molecule has 1 N–H and O–H groups in total. The van der Waals surface area contributed by atoms with E-state index in [1.54, 1.807) is 18.2 Å². The fourth-order valence-electron chi connectivity index (χ4n) is 3.69. The Kier molecular flexibility index (Phi) is 3.12. The molecule has 22 heavy (non-hydrogen) atoms. The zero-order valence-corrected chi connectivity index (χ0v) is 12.2. The van der Waals surface area contributed by atoms with Gasteiger partial charge in [0.1, 0.15) is 17.9 Å². The predicted octanol–water partition coefficient (Wildman–Crippen LogP) is 2.13. The van der Waals surface area contributed by atoms with E-state index in [1.807, 2.05) is 0 Å². The molecule has 2 aliphatic heterocycles. The van der Waals surface area contributed by atoms with Gasteiger partial charge in [0.05, 0.1) is 5.56 Å². The Bertz CT molecular complexity index is 762. The van der Waals surface area contributed by atoms with Gasteiger partial charge in [-0.25, -0.2) is 0 Å². The van der Waals surface area contributed by atoms with Crippen molar-refractivity contribution in [1.82, 2.24) is 10.2 Å². The molecule has 3 atom stereocenters. The quantitative estimate of drug-likeness (QED) is 0.921.